The van der Waals surface area contributed by atoms with E-state index in [9.17, 15) is 0 Å². The third-order valence-corrected chi connectivity index (χ3v) is 4.64. The summed E-state index contributed by atoms with van der Waals surface area (Å²) in [4.78, 5) is 6.83. The highest BCUT2D eigenvalue weighted by atomic mass is 16.5. The van der Waals surface area contributed by atoms with Gasteiger partial charge in [0.1, 0.15) is 6.10 Å². The lowest BCUT2D eigenvalue weighted by Gasteiger charge is -2.32. The van der Waals surface area contributed by atoms with Crippen LogP contribution in [0.3, 0.4) is 0 Å². The van der Waals surface area contributed by atoms with Crippen LogP contribution in [0.25, 0.3) is 10.9 Å². The number of aromatic nitrogens is 5. The highest BCUT2D eigenvalue weighted by molar-refractivity contribution is 5.81. The van der Waals surface area contributed by atoms with Gasteiger partial charge < -0.3 is 9.47 Å². The number of fused-ring (bicyclic) bond motifs is 1. The Bertz CT molecular complexity index is 862. The lowest BCUT2D eigenvalue weighted by Crippen LogP contribution is -2.39. The monoisotopic (exact) mass is 354 g/mol. The number of morpholine rings is 1. The number of tetrazole rings is 1. The molecule has 8 heteroatoms. The molecule has 1 aliphatic rings. The van der Waals surface area contributed by atoms with Gasteiger partial charge in [-0.2, -0.15) is 0 Å². The van der Waals surface area contributed by atoms with Crippen LogP contribution in [0.1, 0.15) is 17.5 Å². The summed E-state index contributed by atoms with van der Waals surface area (Å²) in [6, 6.07) is 10.4. The van der Waals surface area contributed by atoms with E-state index in [-0.39, 0.29) is 6.10 Å². The Balaban J connectivity index is 1.49. The number of methoxy groups -OCH3 is 1. The van der Waals surface area contributed by atoms with Crippen molar-refractivity contribution in [3.05, 3.63) is 47.9 Å². The predicted octanol–water partition coefficient (Wildman–Crippen LogP) is 1.44. The molecule has 4 rings (SSSR count). The second-order valence-electron chi connectivity index (χ2n) is 6.33. The summed E-state index contributed by atoms with van der Waals surface area (Å²) in [7, 11) is 1.67. The van der Waals surface area contributed by atoms with Crippen LogP contribution in [-0.4, -0.2) is 63.5 Å². The first-order chi connectivity index (χ1) is 12.8. The van der Waals surface area contributed by atoms with Crippen LogP contribution in [0.2, 0.25) is 0 Å². The van der Waals surface area contributed by atoms with Crippen molar-refractivity contribution in [3.8, 4) is 0 Å². The molecule has 136 valence electrons. The van der Waals surface area contributed by atoms with Crippen LogP contribution in [0.4, 0.5) is 0 Å². The predicted molar refractivity (Wildman–Crippen MR) is 95.4 cm³/mol. The van der Waals surface area contributed by atoms with Gasteiger partial charge in [-0.3, -0.25) is 9.88 Å². The molecule has 26 heavy (non-hydrogen) atoms. The first-order valence-corrected chi connectivity index (χ1v) is 8.77. The molecule has 1 aliphatic heterocycles. The standard InChI is InChI=1S/C18H22N6O2/c1-25-10-9-24-18(20-21-22-24)17-13-23(8-11-26-17)12-14-4-2-6-16-15(14)5-3-7-19-16/h2-7,17H,8-13H2,1H3/t17-/m1/s1. The third-order valence-electron chi connectivity index (χ3n) is 4.64. The zero-order valence-corrected chi connectivity index (χ0v) is 14.8. The van der Waals surface area contributed by atoms with Gasteiger partial charge in [-0.15, -0.1) is 5.10 Å². The number of pyridine rings is 1. The fraction of sp³-hybridized carbons (Fsp3) is 0.444. The first kappa shape index (κ1) is 17.0. The number of nitrogens with zero attached hydrogens (tertiary/aromatic N) is 6. The Hall–Kier alpha value is -2.42. The van der Waals surface area contributed by atoms with Gasteiger partial charge in [-0.25, -0.2) is 4.68 Å². The van der Waals surface area contributed by atoms with E-state index in [2.05, 4.69) is 43.6 Å². The summed E-state index contributed by atoms with van der Waals surface area (Å²) in [5.41, 5.74) is 2.30. The molecule has 0 aliphatic carbocycles. The van der Waals surface area contributed by atoms with Crippen molar-refractivity contribution in [2.75, 3.05) is 33.4 Å². The SMILES string of the molecule is COCCn1nnnc1[C@H]1CN(Cc2cccc3ncccc23)CCO1. The molecule has 0 amide bonds. The summed E-state index contributed by atoms with van der Waals surface area (Å²) in [6.45, 7) is 4.33. The Morgan fingerprint density at radius 3 is 3.15 bits per heavy atom. The molecule has 0 spiro atoms. The highest BCUT2D eigenvalue weighted by Crippen LogP contribution is 2.23. The van der Waals surface area contributed by atoms with Crippen molar-refractivity contribution in [1.29, 1.82) is 0 Å². The van der Waals surface area contributed by atoms with Crippen LogP contribution >= 0.6 is 0 Å². The minimum atomic E-state index is -0.135. The van der Waals surface area contributed by atoms with Crippen LogP contribution < -0.4 is 0 Å². The largest absolute Gasteiger partial charge is 0.383 e. The summed E-state index contributed by atoms with van der Waals surface area (Å²) >= 11 is 0. The quantitative estimate of drug-likeness (QED) is 0.663. The fourth-order valence-electron chi connectivity index (χ4n) is 3.33. The molecule has 0 saturated carbocycles. The number of rotatable bonds is 6. The van der Waals surface area contributed by atoms with Gasteiger partial charge >= 0.3 is 0 Å². The van der Waals surface area contributed by atoms with Crippen LogP contribution in [-0.2, 0) is 22.6 Å². The molecular formula is C18H22N6O2. The maximum Gasteiger partial charge on any atom is 0.181 e. The van der Waals surface area contributed by atoms with Crippen molar-refractivity contribution in [2.24, 2.45) is 0 Å². The summed E-state index contributed by atoms with van der Waals surface area (Å²) in [5.74, 6) is 0.756. The minimum absolute atomic E-state index is 0.135. The van der Waals surface area contributed by atoms with Gasteiger partial charge in [-0.05, 0) is 28.1 Å². The van der Waals surface area contributed by atoms with Crippen LogP contribution in [0, 0.1) is 0 Å². The Morgan fingerprint density at radius 2 is 2.23 bits per heavy atom. The molecule has 3 aromatic rings. The van der Waals surface area contributed by atoms with Crippen molar-refractivity contribution in [2.45, 2.75) is 19.2 Å². The Morgan fingerprint density at radius 1 is 1.27 bits per heavy atom. The van der Waals surface area contributed by atoms with E-state index < -0.39 is 0 Å². The first-order valence-electron chi connectivity index (χ1n) is 8.77. The van der Waals surface area contributed by atoms with Gasteiger partial charge in [0.25, 0.3) is 0 Å². The van der Waals surface area contributed by atoms with Crippen molar-refractivity contribution in [1.82, 2.24) is 30.1 Å². The summed E-state index contributed by atoms with van der Waals surface area (Å²) in [6.07, 6.45) is 1.69. The minimum Gasteiger partial charge on any atom is -0.383 e. The number of benzene rings is 1. The van der Waals surface area contributed by atoms with E-state index in [1.54, 1.807) is 11.8 Å². The summed E-state index contributed by atoms with van der Waals surface area (Å²) < 4.78 is 12.8. The highest BCUT2D eigenvalue weighted by Gasteiger charge is 2.27. The Labute approximate surface area is 151 Å². The van der Waals surface area contributed by atoms with Gasteiger partial charge in [0.05, 0.1) is 25.3 Å². The Kier molecular flexibility index (Phi) is 5.14. The topological polar surface area (TPSA) is 78.2 Å². The zero-order valence-electron chi connectivity index (χ0n) is 14.8. The van der Waals surface area contributed by atoms with Gasteiger partial charge in [0, 0.05) is 38.3 Å². The smallest absolute Gasteiger partial charge is 0.181 e. The average Bonchev–Trinajstić information content (AvgIpc) is 3.15. The van der Waals surface area contributed by atoms with Crippen LogP contribution in [0.15, 0.2) is 36.5 Å². The molecule has 3 heterocycles. The normalized spacial score (nSPS) is 18.4. The second-order valence-corrected chi connectivity index (χ2v) is 6.33. The van der Waals surface area contributed by atoms with Gasteiger partial charge in [-0.1, -0.05) is 18.2 Å². The molecule has 1 saturated heterocycles. The van der Waals surface area contributed by atoms with Crippen molar-refractivity contribution < 1.29 is 9.47 Å². The molecule has 0 bridgehead atoms. The van der Waals surface area contributed by atoms with Crippen molar-refractivity contribution in [3.63, 3.8) is 0 Å². The van der Waals surface area contributed by atoms with E-state index >= 15 is 0 Å². The molecular weight excluding hydrogens is 332 g/mol. The molecule has 8 nitrogen and oxygen atoms in total. The zero-order chi connectivity index (χ0) is 17.8. The average molecular weight is 354 g/mol. The van der Waals surface area contributed by atoms with Gasteiger partial charge in [0.2, 0.25) is 0 Å². The van der Waals surface area contributed by atoms with E-state index in [4.69, 9.17) is 9.47 Å². The van der Waals surface area contributed by atoms with Crippen LogP contribution in [0.5, 0.6) is 0 Å². The van der Waals surface area contributed by atoms with E-state index in [1.165, 1.54) is 10.9 Å². The fourth-order valence-corrected chi connectivity index (χ4v) is 3.33. The lowest BCUT2D eigenvalue weighted by atomic mass is 10.1. The van der Waals surface area contributed by atoms with E-state index in [1.807, 2.05) is 18.3 Å². The number of hydrogen-bond acceptors (Lipinski definition) is 7. The van der Waals surface area contributed by atoms with E-state index in [0.29, 0.717) is 19.8 Å². The maximum absolute atomic E-state index is 5.94. The van der Waals surface area contributed by atoms with Crippen molar-refractivity contribution >= 4 is 10.9 Å². The van der Waals surface area contributed by atoms with Gasteiger partial charge in [0.15, 0.2) is 5.82 Å². The third kappa shape index (κ3) is 3.57. The molecule has 2 aromatic heterocycles. The molecule has 0 radical (unpaired) electrons. The molecule has 1 aromatic carbocycles. The molecule has 1 atom stereocenters. The summed E-state index contributed by atoms with van der Waals surface area (Å²) in [5, 5.41) is 13.2. The molecule has 0 N–H and O–H groups in total. The molecule has 0 unspecified atom stereocenters. The number of hydrogen-bond donors (Lipinski definition) is 0. The molecule has 1 fully saturated rings. The lowest BCUT2D eigenvalue weighted by molar-refractivity contribution is -0.0395. The second kappa shape index (κ2) is 7.86. The number of ether oxygens (including phenoxy) is 2. The van der Waals surface area contributed by atoms with E-state index in [0.717, 1.165) is 31.0 Å². The maximum atomic E-state index is 5.94.